The third-order valence-electron chi connectivity index (χ3n) is 8.43. The van der Waals surface area contributed by atoms with Gasteiger partial charge in [-0.05, 0) is 61.7 Å². The second-order valence-electron chi connectivity index (χ2n) is 9.44. The summed E-state index contributed by atoms with van der Waals surface area (Å²) in [7, 11) is 0. The van der Waals surface area contributed by atoms with E-state index in [2.05, 4.69) is 12.8 Å². The molecule has 138 valence electrons. The Morgan fingerprint density at radius 2 is 1.88 bits per heavy atom. The van der Waals surface area contributed by atoms with Crippen LogP contribution in [-0.2, 0) is 0 Å². The Hall–Kier alpha value is -0.860. The van der Waals surface area contributed by atoms with Gasteiger partial charge in [-0.3, -0.25) is 0 Å². The predicted octanol–water partition coefficient (Wildman–Crippen LogP) is 1.62. The summed E-state index contributed by atoms with van der Waals surface area (Å²) in [5.41, 5.74) is -0.885. The van der Waals surface area contributed by atoms with Gasteiger partial charge in [0, 0.05) is 5.41 Å². The zero-order chi connectivity index (χ0) is 18.2. The first kappa shape index (κ1) is 17.5. The van der Waals surface area contributed by atoms with Crippen LogP contribution in [0.1, 0.15) is 52.4 Å². The van der Waals surface area contributed by atoms with Gasteiger partial charge in [-0.25, -0.2) is 0 Å². The minimum Gasteiger partial charge on any atom is -0.393 e. The summed E-state index contributed by atoms with van der Waals surface area (Å²) in [6.07, 6.45) is 9.90. The molecular weight excluding hydrogens is 316 g/mol. The van der Waals surface area contributed by atoms with Crippen molar-refractivity contribution in [2.45, 2.75) is 76.3 Å². The molecule has 0 radical (unpaired) electrons. The molecule has 0 bridgehead atoms. The first-order valence-corrected chi connectivity index (χ1v) is 9.62. The van der Waals surface area contributed by atoms with Gasteiger partial charge in [0.2, 0.25) is 0 Å². The lowest BCUT2D eigenvalue weighted by Gasteiger charge is -2.61. The van der Waals surface area contributed by atoms with E-state index in [4.69, 9.17) is 6.42 Å². The van der Waals surface area contributed by atoms with E-state index in [0.29, 0.717) is 19.3 Å². The van der Waals surface area contributed by atoms with Crippen molar-refractivity contribution in [1.29, 1.82) is 0 Å². The highest BCUT2D eigenvalue weighted by molar-refractivity contribution is 5.31. The van der Waals surface area contributed by atoms with Crippen LogP contribution < -0.4 is 0 Å². The van der Waals surface area contributed by atoms with E-state index in [1.807, 2.05) is 13.0 Å². The van der Waals surface area contributed by atoms with Crippen LogP contribution in [0.2, 0.25) is 0 Å². The summed E-state index contributed by atoms with van der Waals surface area (Å²) in [5.74, 6) is 2.55. The van der Waals surface area contributed by atoms with Crippen molar-refractivity contribution in [2.75, 3.05) is 0 Å². The molecule has 0 aromatic rings. The summed E-state index contributed by atoms with van der Waals surface area (Å²) >= 11 is 0. The number of hydrogen-bond acceptors (Lipinski definition) is 4. The molecule has 0 spiro atoms. The van der Waals surface area contributed by atoms with Crippen LogP contribution in [0.25, 0.3) is 0 Å². The molecule has 4 aliphatic carbocycles. The maximum Gasteiger partial charge on any atom is 0.130 e. The summed E-state index contributed by atoms with van der Waals surface area (Å²) in [5, 5.41) is 43.2. The summed E-state index contributed by atoms with van der Waals surface area (Å²) in [4.78, 5) is 0. The third kappa shape index (κ3) is 2.10. The van der Waals surface area contributed by atoms with Crippen LogP contribution in [0.5, 0.6) is 0 Å². The molecule has 4 nitrogen and oxygen atoms in total. The fraction of sp³-hybridized carbons (Fsp3) is 0.810. The van der Waals surface area contributed by atoms with Crippen molar-refractivity contribution < 1.29 is 20.4 Å². The van der Waals surface area contributed by atoms with E-state index in [-0.39, 0.29) is 29.3 Å². The van der Waals surface area contributed by atoms with Crippen LogP contribution in [0.15, 0.2) is 11.6 Å². The van der Waals surface area contributed by atoms with Crippen molar-refractivity contribution in [3.8, 4) is 12.3 Å². The van der Waals surface area contributed by atoms with Crippen LogP contribution >= 0.6 is 0 Å². The molecule has 4 N–H and O–H groups in total. The molecule has 4 heteroatoms. The standard InChI is InChI=1S/C21H30O4/c1-4-21(25)8-6-14-17-15(23)10-12-9-13(22)5-7-19(12,2)18(17)16(24)11-20(14,21)3/h1,10,13-18,22-25H,5-9,11H2,2-3H3/t13?,14-,15?,16?,17+,18+,19-,20-,21?/m0/s1. The largest absolute Gasteiger partial charge is 0.393 e. The molecule has 0 aliphatic heterocycles. The monoisotopic (exact) mass is 346 g/mol. The molecule has 4 rings (SSSR count). The zero-order valence-corrected chi connectivity index (χ0v) is 15.2. The van der Waals surface area contributed by atoms with Gasteiger partial charge in [-0.2, -0.15) is 0 Å². The Balaban J connectivity index is 1.80. The van der Waals surface area contributed by atoms with Crippen molar-refractivity contribution in [3.05, 3.63) is 11.6 Å². The molecule has 0 aromatic carbocycles. The van der Waals surface area contributed by atoms with Crippen molar-refractivity contribution in [2.24, 2.45) is 28.6 Å². The molecule has 9 atom stereocenters. The van der Waals surface area contributed by atoms with Gasteiger partial charge in [0.15, 0.2) is 0 Å². The highest BCUT2D eigenvalue weighted by atomic mass is 16.3. The first-order chi connectivity index (χ1) is 11.7. The Morgan fingerprint density at radius 1 is 1.16 bits per heavy atom. The predicted molar refractivity (Wildman–Crippen MR) is 94.3 cm³/mol. The van der Waals surface area contributed by atoms with Gasteiger partial charge in [-0.1, -0.05) is 31.4 Å². The topological polar surface area (TPSA) is 80.9 Å². The molecule has 3 fully saturated rings. The van der Waals surface area contributed by atoms with Crippen LogP contribution in [0.3, 0.4) is 0 Å². The Bertz CT molecular complexity index is 651. The Kier molecular flexibility index (Phi) is 3.74. The van der Waals surface area contributed by atoms with E-state index in [1.54, 1.807) is 0 Å². The lowest BCUT2D eigenvalue weighted by Crippen LogP contribution is -2.62. The van der Waals surface area contributed by atoms with Gasteiger partial charge in [0.1, 0.15) is 5.60 Å². The van der Waals surface area contributed by atoms with E-state index in [0.717, 1.165) is 24.8 Å². The minimum atomic E-state index is -1.21. The average Bonchev–Trinajstić information content (AvgIpc) is 2.81. The molecule has 25 heavy (non-hydrogen) atoms. The minimum absolute atomic E-state index is 0.0480. The Labute approximate surface area is 150 Å². The molecular formula is C21H30O4. The second-order valence-corrected chi connectivity index (χ2v) is 9.44. The van der Waals surface area contributed by atoms with Crippen molar-refractivity contribution in [3.63, 3.8) is 0 Å². The van der Waals surface area contributed by atoms with Crippen LogP contribution in [-0.4, -0.2) is 44.3 Å². The fourth-order valence-electron chi connectivity index (χ4n) is 6.99. The Morgan fingerprint density at radius 3 is 2.56 bits per heavy atom. The molecule has 4 unspecified atom stereocenters. The molecule has 0 heterocycles. The SMILES string of the molecule is C#CC1(O)CC[C@H]2[C@@H]3C(O)C=C4CC(O)CC[C@]4(C)[C@@H]3C(O)C[C@@]21C. The van der Waals surface area contributed by atoms with Gasteiger partial charge >= 0.3 is 0 Å². The van der Waals surface area contributed by atoms with Gasteiger partial charge in [-0.15, -0.1) is 6.42 Å². The van der Waals surface area contributed by atoms with E-state index in [9.17, 15) is 20.4 Å². The first-order valence-electron chi connectivity index (χ1n) is 9.62. The maximum atomic E-state index is 11.2. The number of hydrogen-bond donors (Lipinski definition) is 4. The summed E-state index contributed by atoms with van der Waals surface area (Å²) < 4.78 is 0. The summed E-state index contributed by atoms with van der Waals surface area (Å²) in [6.45, 7) is 4.17. The fourth-order valence-corrected chi connectivity index (χ4v) is 6.99. The number of terminal acetylenes is 1. The summed E-state index contributed by atoms with van der Waals surface area (Å²) in [6, 6.07) is 0. The van der Waals surface area contributed by atoms with E-state index in [1.165, 1.54) is 0 Å². The number of fused-ring (bicyclic) bond motifs is 5. The second kappa shape index (κ2) is 5.33. The van der Waals surface area contributed by atoms with Crippen molar-refractivity contribution >= 4 is 0 Å². The molecule has 0 aromatic heterocycles. The van der Waals surface area contributed by atoms with E-state index >= 15 is 0 Å². The number of rotatable bonds is 0. The number of aliphatic hydroxyl groups excluding tert-OH is 3. The molecule has 0 amide bonds. The molecule has 4 aliphatic rings. The van der Waals surface area contributed by atoms with Crippen LogP contribution in [0, 0.1) is 40.9 Å². The number of aliphatic hydroxyl groups is 4. The quantitative estimate of drug-likeness (QED) is 0.397. The smallest absolute Gasteiger partial charge is 0.130 e. The molecule has 0 saturated heterocycles. The van der Waals surface area contributed by atoms with E-state index < -0.39 is 23.2 Å². The lowest BCUT2D eigenvalue weighted by atomic mass is 9.45. The van der Waals surface area contributed by atoms with Crippen molar-refractivity contribution in [1.82, 2.24) is 0 Å². The van der Waals surface area contributed by atoms with Gasteiger partial charge in [0.05, 0.1) is 18.3 Å². The van der Waals surface area contributed by atoms with Gasteiger partial charge in [0.25, 0.3) is 0 Å². The molecule has 3 saturated carbocycles. The highest BCUT2D eigenvalue weighted by Gasteiger charge is 2.67. The average molecular weight is 346 g/mol. The lowest BCUT2D eigenvalue weighted by molar-refractivity contribution is -0.172. The highest BCUT2D eigenvalue weighted by Crippen LogP contribution is 2.66. The van der Waals surface area contributed by atoms with Gasteiger partial charge < -0.3 is 20.4 Å². The normalized spacial score (nSPS) is 57.7. The third-order valence-corrected chi connectivity index (χ3v) is 8.43. The maximum absolute atomic E-state index is 11.2. The zero-order valence-electron chi connectivity index (χ0n) is 15.2. The van der Waals surface area contributed by atoms with Crippen LogP contribution in [0.4, 0.5) is 0 Å².